The van der Waals surface area contributed by atoms with Crippen molar-refractivity contribution >= 4 is 33.4 Å². The van der Waals surface area contributed by atoms with E-state index in [1.165, 1.54) is 39.9 Å². The normalized spacial score (nSPS) is 11.1. The number of halogens is 1. The summed E-state index contributed by atoms with van der Waals surface area (Å²) in [4.78, 5) is 21.4. The van der Waals surface area contributed by atoms with Crippen molar-refractivity contribution in [2.24, 2.45) is 0 Å². The maximum atomic E-state index is 13.1. The molecule has 0 saturated heterocycles. The molecule has 25 heavy (non-hydrogen) atoms. The molecular weight excluding hydrogens is 357 g/mol. The van der Waals surface area contributed by atoms with Crippen LogP contribution in [0.5, 0.6) is 0 Å². The SMILES string of the molecule is O=c1c2sc(SCc3ccccc3)nc2ncn1-c1ccc(F)cc1. The van der Waals surface area contributed by atoms with Crippen LogP contribution in [0.15, 0.2) is 70.1 Å². The summed E-state index contributed by atoms with van der Waals surface area (Å²) in [5.41, 5.74) is 2.03. The van der Waals surface area contributed by atoms with E-state index in [9.17, 15) is 9.18 Å². The minimum atomic E-state index is -0.344. The molecule has 0 aliphatic rings. The molecule has 0 amide bonds. The molecule has 0 bridgehead atoms. The number of aromatic nitrogens is 3. The average Bonchev–Trinajstić information content (AvgIpc) is 3.06. The Hall–Kier alpha value is -2.51. The van der Waals surface area contributed by atoms with Gasteiger partial charge in [0.25, 0.3) is 5.56 Å². The second-order valence-electron chi connectivity index (χ2n) is 5.30. The standard InChI is InChI=1S/C18H12FN3OS2/c19-13-6-8-14(9-7-13)22-11-20-16-15(17(22)23)25-18(21-16)24-10-12-4-2-1-3-5-12/h1-9,11H,10H2. The fourth-order valence-corrected chi connectivity index (χ4v) is 4.34. The zero-order chi connectivity index (χ0) is 17.2. The monoisotopic (exact) mass is 369 g/mol. The molecule has 0 saturated carbocycles. The number of benzene rings is 2. The van der Waals surface area contributed by atoms with E-state index >= 15 is 0 Å². The molecule has 0 unspecified atom stereocenters. The molecule has 0 aliphatic carbocycles. The first-order chi connectivity index (χ1) is 12.2. The number of hydrogen-bond donors (Lipinski definition) is 0. The second-order valence-corrected chi connectivity index (χ2v) is 7.52. The van der Waals surface area contributed by atoms with Gasteiger partial charge in [0.05, 0.1) is 5.69 Å². The highest BCUT2D eigenvalue weighted by molar-refractivity contribution is 8.00. The molecule has 0 fully saturated rings. The van der Waals surface area contributed by atoms with Crippen LogP contribution in [0, 0.1) is 5.82 Å². The Morgan fingerprint density at radius 1 is 1.08 bits per heavy atom. The summed E-state index contributed by atoms with van der Waals surface area (Å²) in [5.74, 6) is 0.440. The third-order valence-corrected chi connectivity index (χ3v) is 5.85. The highest BCUT2D eigenvalue weighted by Crippen LogP contribution is 2.29. The zero-order valence-corrected chi connectivity index (χ0v) is 14.6. The minimum absolute atomic E-state index is 0.194. The van der Waals surface area contributed by atoms with E-state index in [0.717, 1.165) is 10.1 Å². The van der Waals surface area contributed by atoms with E-state index in [1.54, 1.807) is 23.9 Å². The van der Waals surface area contributed by atoms with Crippen LogP contribution in [0.1, 0.15) is 5.56 Å². The first-order valence-corrected chi connectivity index (χ1v) is 9.32. The Labute approximate surface area is 151 Å². The van der Waals surface area contributed by atoms with Crippen LogP contribution in [-0.2, 0) is 5.75 Å². The molecule has 0 atom stereocenters. The lowest BCUT2D eigenvalue weighted by Gasteiger charge is -2.03. The summed E-state index contributed by atoms with van der Waals surface area (Å²) in [5, 5.41) is 0. The third kappa shape index (κ3) is 3.33. The first-order valence-electron chi connectivity index (χ1n) is 7.51. The Morgan fingerprint density at radius 3 is 2.60 bits per heavy atom. The summed E-state index contributed by atoms with van der Waals surface area (Å²) in [6.07, 6.45) is 1.43. The number of thioether (sulfide) groups is 1. The van der Waals surface area contributed by atoms with Gasteiger partial charge in [-0.25, -0.2) is 14.4 Å². The molecule has 0 radical (unpaired) electrons. The Kier molecular flexibility index (Phi) is 4.33. The fourth-order valence-electron chi connectivity index (χ4n) is 2.36. The van der Waals surface area contributed by atoms with Gasteiger partial charge in [-0.05, 0) is 29.8 Å². The van der Waals surface area contributed by atoms with E-state index in [2.05, 4.69) is 22.1 Å². The number of nitrogens with zero attached hydrogens (tertiary/aromatic N) is 3. The number of fused-ring (bicyclic) bond motifs is 1. The maximum absolute atomic E-state index is 13.1. The van der Waals surface area contributed by atoms with Gasteiger partial charge in [0.2, 0.25) is 0 Å². The maximum Gasteiger partial charge on any atom is 0.277 e. The quantitative estimate of drug-likeness (QED) is 0.504. The summed E-state index contributed by atoms with van der Waals surface area (Å²) < 4.78 is 15.8. The van der Waals surface area contributed by atoms with Gasteiger partial charge in [0.1, 0.15) is 16.8 Å². The molecule has 0 N–H and O–H groups in total. The Bertz CT molecular complexity index is 1080. The van der Waals surface area contributed by atoms with E-state index in [0.29, 0.717) is 16.0 Å². The van der Waals surface area contributed by atoms with Gasteiger partial charge in [-0.3, -0.25) is 9.36 Å². The van der Waals surface area contributed by atoms with Gasteiger partial charge in [-0.2, -0.15) is 0 Å². The van der Waals surface area contributed by atoms with Crippen molar-refractivity contribution in [3.63, 3.8) is 0 Å². The molecular formula is C18H12FN3OS2. The zero-order valence-electron chi connectivity index (χ0n) is 12.9. The highest BCUT2D eigenvalue weighted by Gasteiger charge is 2.12. The predicted octanol–water partition coefficient (Wildman–Crippen LogP) is 4.27. The van der Waals surface area contributed by atoms with Crippen LogP contribution in [0.2, 0.25) is 0 Å². The summed E-state index contributed by atoms with van der Waals surface area (Å²) in [7, 11) is 0. The van der Waals surface area contributed by atoms with Crippen LogP contribution in [0.25, 0.3) is 16.0 Å². The Balaban J connectivity index is 1.65. The molecule has 7 heteroatoms. The molecule has 0 aliphatic heterocycles. The van der Waals surface area contributed by atoms with E-state index in [1.807, 2.05) is 18.2 Å². The fraction of sp³-hybridized carbons (Fsp3) is 0.0556. The van der Waals surface area contributed by atoms with Crippen LogP contribution in [-0.4, -0.2) is 14.5 Å². The summed E-state index contributed by atoms with van der Waals surface area (Å²) in [6.45, 7) is 0. The molecule has 2 heterocycles. The predicted molar refractivity (Wildman–Crippen MR) is 99.0 cm³/mol. The van der Waals surface area contributed by atoms with E-state index in [4.69, 9.17) is 0 Å². The molecule has 2 aromatic carbocycles. The van der Waals surface area contributed by atoms with Gasteiger partial charge in [-0.1, -0.05) is 42.1 Å². The van der Waals surface area contributed by atoms with E-state index in [-0.39, 0.29) is 11.4 Å². The molecule has 4 nitrogen and oxygen atoms in total. The molecule has 2 aromatic heterocycles. The van der Waals surface area contributed by atoms with Gasteiger partial charge < -0.3 is 0 Å². The van der Waals surface area contributed by atoms with E-state index < -0.39 is 0 Å². The lowest BCUT2D eigenvalue weighted by atomic mass is 10.2. The van der Waals surface area contributed by atoms with Gasteiger partial charge in [-0.15, -0.1) is 11.3 Å². The van der Waals surface area contributed by atoms with Gasteiger partial charge in [0, 0.05) is 5.75 Å². The number of hydrogen-bond acceptors (Lipinski definition) is 5. The topological polar surface area (TPSA) is 47.8 Å². The lowest BCUT2D eigenvalue weighted by molar-refractivity contribution is 0.627. The van der Waals surface area contributed by atoms with Crippen molar-refractivity contribution < 1.29 is 4.39 Å². The molecule has 124 valence electrons. The first kappa shape index (κ1) is 16.0. The van der Waals surface area contributed by atoms with Crippen LogP contribution in [0.3, 0.4) is 0 Å². The van der Waals surface area contributed by atoms with Crippen molar-refractivity contribution in [1.29, 1.82) is 0 Å². The smallest absolute Gasteiger partial charge is 0.267 e. The average molecular weight is 369 g/mol. The van der Waals surface area contributed by atoms with Crippen molar-refractivity contribution in [2.75, 3.05) is 0 Å². The van der Waals surface area contributed by atoms with Crippen molar-refractivity contribution in [3.05, 3.63) is 82.7 Å². The lowest BCUT2D eigenvalue weighted by Crippen LogP contribution is -2.17. The number of rotatable bonds is 4. The molecule has 0 spiro atoms. The minimum Gasteiger partial charge on any atom is -0.267 e. The van der Waals surface area contributed by atoms with Crippen molar-refractivity contribution in [1.82, 2.24) is 14.5 Å². The molecule has 4 rings (SSSR count). The van der Waals surface area contributed by atoms with Gasteiger partial charge >= 0.3 is 0 Å². The third-order valence-electron chi connectivity index (χ3n) is 3.61. The highest BCUT2D eigenvalue weighted by atomic mass is 32.2. The van der Waals surface area contributed by atoms with Crippen LogP contribution >= 0.6 is 23.1 Å². The largest absolute Gasteiger partial charge is 0.277 e. The van der Waals surface area contributed by atoms with Crippen molar-refractivity contribution in [2.45, 2.75) is 10.1 Å². The summed E-state index contributed by atoms with van der Waals surface area (Å²) >= 11 is 2.92. The molecule has 4 aromatic rings. The Morgan fingerprint density at radius 2 is 1.84 bits per heavy atom. The van der Waals surface area contributed by atoms with Gasteiger partial charge in [0.15, 0.2) is 9.99 Å². The second kappa shape index (κ2) is 6.78. The van der Waals surface area contributed by atoms with Crippen molar-refractivity contribution in [3.8, 4) is 5.69 Å². The summed E-state index contributed by atoms with van der Waals surface area (Å²) in [6, 6.07) is 15.8. The number of thiazole rings is 1. The van der Waals surface area contributed by atoms with Crippen LogP contribution in [0.4, 0.5) is 4.39 Å². The van der Waals surface area contributed by atoms with Crippen LogP contribution < -0.4 is 5.56 Å².